The summed E-state index contributed by atoms with van der Waals surface area (Å²) in [5.74, 6) is -1.34. The number of pyridine rings is 1. The van der Waals surface area contributed by atoms with Crippen LogP contribution in [-0.2, 0) is 10.0 Å². The predicted molar refractivity (Wildman–Crippen MR) is 106 cm³/mol. The number of aromatic nitrogens is 1. The lowest BCUT2D eigenvalue weighted by atomic mass is 9.96. The van der Waals surface area contributed by atoms with Gasteiger partial charge in [0.1, 0.15) is 17.2 Å². The number of carbonyl (C=O) groups is 1. The molecule has 7 nitrogen and oxygen atoms in total. The standard InChI is InChI=1S/C20H19FN2O5S/c1-11-4-3-9-23(29(2,26)27)18-14(11)10-15-16(20(24)25)17(28-19(15)22-18)12-5-7-13(21)8-6-12/h5-8,10-11H,3-4,9H2,1-2H3,(H,24,25). The van der Waals surface area contributed by atoms with Gasteiger partial charge < -0.3 is 9.52 Å². The second-order valence-electron chi connectivity index (χ2n) is 7.25. The van der Waals surface area contributed by atoms with E-state index in [-0.39, 0.29) is 34.2 Å². The SMILES string of the molecule is CC1CCCN(S(C)(=O)=O)c2nc3oc(-c4ccc(F)cc4)c(C(=O)O)c3cc21. The molecule has 0 spiro atoms. The first kappa shape index (κ1) is 19.4. The van der Waals surface area contributed by atoms with Crippen LogP contribution in [-0.4, -0.2) is 37.3 Å². The van der Waals surface area contributed by atoms with E-state index in [0.29, 0.717) is 24.1 Å². The number of anilines is 1. The van der Waals surface area contributed by atoms with Crippen LogP contribution in [0.1, 0.15) is 41.6 Å². The number of hydrogen-bond donors (Lipinski definition) is 1. The summed E-state index contributed by atoms with van der Waals surface area (Å²) in [6.45, 7) is 2.26. The molecule has 0 amide bonds. The summed E-state index contributed by atoms with van der Waals surface area (Å²) in [4.78, 5) is 16.4. The van der Waals surface area contributed by atoms with Crippen molar-refractivity contribution in [2.45, 2.75) is 25.7 Å². The van der Waals surface area contributed by atoms with Crippen molar-refractivity contribution in [3.05, 3.63) is 47.3 Å². The van der Waals surface area contributed by atoms with Crippen molar-refractivity contribution in [2.24, 2.45) is 0 Å². The number of carboxylic acid groups (broad SMARTS) is 1. The molecule has 29 heavy (non-hydrogen) atoms. The smallest absolute Gasteiger partial charge is 0.340 e. The number of fused-ring (bicyclic) bond motifs is 2. The van der Waals surface area contributed by atoms with Crippen LogP contribution in [0.15, 0.2) is 34.7 Å². The molecule has 0 radical (unpaired) electrons. The average Bonchev–Trinajstić information content (AvgIpc) is 2.93. The lowest BCUT2D eigenvalue weighted by Crippen LogP contribution is -2.31. The van der Waals surface area contributed by atoms with Gasteiger partial charge >= 0.3 is 5.97 Å². The molecule has 1 unspecified atom stereocenters. The quantitative estimate of drug-likeness (QED) is 0.690. The molecule has 4 rings (SSSR count). The molecule has 0 saturated carbocycles. The van der Waals surface area contributed by atoms with Crippen LogP contribution in [0.3, 0.4) is 0 Å². The zero-order chi connectivity index (χ0) is 20.9. The molecule has 1 aliphatic rings. The van der Waals surface area contributed by atoms with Gasteiger partial charge in [0.25, 0.3) is 0 Å². The first-order valence-electron chi connectivity index (χ1n) is 9.11. The van der Waals surface area contributed by atoms with Gasteiger partial charge in [-0.05, 0) is 54.7 Å². The number of furan rings is 1. The number of hydrogen-bond acceptors (Lipinski definition) is 5. The van der Waals surface area contributed by atoms with Gasteiger partial charge in [-0.15, -0.1) is 0 Å². The van der Waals surface area contributed by atoms with Gasteiger partial charge in [-0.2, -0.15) is 4.98 Å². The Balaban J connectivity index is 2.02. The minimum atomic E-state index is -3.56. The molecule has 1 atom stereocenters. The molecule has 1 aliphatic heterocycles. The summed E-state index contributed by atoms with van der Waals surface area (Å²) < 4.78 is 44.9. The normalized spacial score (nSPS) is 17.2. The highest BCUT2D eigenvalue weighted by Crippen LogP contribution is 2.40. The molecule has 1 N–H and O–H groups in total. The number of benzene rings is 1. The molecular weight excluding hydrogens is 399 g/mol. The Bertz CT molecular complexity index is 1220. The lowest BCUT2D eigenvalue weighted by Gasteiger charge is -2.21. The van der Waals surface area contributed by atoms with E-state index in [1.165, 1.54) is 28.6 Å². The zero-order valence-corrected chi connectivity index (χ0v) is 16.7. The molecule has 2 aromatic heterocycles. The monoisotopic (exact) mass is 418 g/mol. The fourth-order valence-electron chi connectivity index (χ4n) is 3.73. The van der Waals surface area contributed by atoms with Gasteiger partial charge in [-0.25, -0.2) is 17.6 Å². The van der Waals surface area contributed by atoms with Crippen LogP contribution in [0, 0.1) is 5.82 Å². The van der Waals surface area contributed by atoms with E-state index in [9.17, 15) is 22.7 Å². The maximum Gasteiger partial charge on any atom is 0.340 e. The van der Waals surface area contributed by atoms with Crippen molar-refractivity contribution >= 4 is 32.9 Å². The number of sulfonamides is 1. The molecule has 152 valence electrons. The molecule has 3 heterocycles. The summed E-state index contributed by atoms with van der Waals surface area (Å²) >= 11 is 0. The van der Waals surface area contributed by atoms with Crippen molar-refractivity contribution < 1.29 is 27.1 Å². The summed E-state index contributed by atoms with van der Waals surface area (Å²) in [6, 6.07) is 6.94. The van der Waals surface area contributed by atoms with Crippen molar-refractivity contribution in [1.82, 2.24) is 4.98 Å². The van der Waals surface area contributed by atoms with Crippen LogP contribution in [0.2, 0.25) is 0 Å². The first-order valence-corrected chi connectivity index (χ1v) is 11.0. The second kappa shape index (κ2) is 6.84. The highest BCUT2D eigenvalue weighted by Gasteiger charge is 2.31. The van der Waals surface area contributed by atoms with Gasteiger partial charge in [0.2, 0.25) is 15.7 Å². The lowest BCUT2D eigenvalue weighted by molar-refractivity contribution is 0.0699. The molecule has 9 heteroatoms. The molecule has 0 saturated heterocycles. The van der Waals surface area contributed by atoms with Gasteiger partial charge in [-0.1, -0.05) is 6.92 Å². The fourth-order valence-corrected chi connectivity index (χ4v) is 4.66. The maximum atomic E-state index is 13.3. The van der Waals surface area contributed by atoms with E-state index >= 15 is 0 Å². The molecule has 0 fully saturated rings. The highest BCUT2D eigenvalue weighted by molar-refractivity contribution is 7.92. The number of aromatic carboxylic acids is 1. The Kier molecular flexibility index (Phi) is 4.57. The summed E-state index contributed by atoms with van der Waals surface area (Å²) in [6.07, 6.45) is 2.53. The van der Waals surface area contributed by atoms with E-state index < -0.39 is 21.8 Å². The van der Waals surface area contributed by atoms with Crippen molar-refractivity contribution in [1.29, 1.82) is 0 Å². The van der Waals surface area contributed by atoms with Gasteiger partial charge in [0.15, 0.2) is 5.76 Å². The Labute approximate surface area is 166 Å². The zero-order valence-electron chi connectivity index (χ0n) is 15.8. The van der Waals surface area contributed by atoms with E-state index in [2.05, 4.69) is 4.98 Å². The van der Waals surface area contributed by atoms with Crippen LogP contribution in [0.4, 0.5) is 10.2 Å². The van der Waals surface area contributed by atoms with Crippen molar-refractivity contribution in [2.75, 3.05) is 17.1 Å². The van der Waals surface area contributed by atoms with E-state index in [0.717, 1.165) is 12.7 Å². The number of nitrogens with zero attached hydrogens (tertiary/aromatic N) is 2. The fraction of sp³-hybridized carbons (Fsp3) is 0.300. The van der Waals surface area contributed by atoms with E-state index in [1.807, 2.05) is 6.92 Å². The van der Waals surface area contributed by atoms with Crippen molar-refractivity contribution in [3.8, 4) is 11.3 Å². The van der Waals surface area contributed by atoms with Crippen LogP contribution >= 0.6 is 0 Å². The Morgan fingerprint density at radius 1 is 1.31 bits per heavy atom. The molecule has 0 bridgehead atoms. The topological polar surface area (TPSA) is 101 Å². The molecule has 3 aromatic rings. The minimum Gasteiger partial charge on any atom is -0.478 e. The third-order valence-electron chi connectivity index (χ3n) is 5.18. The third kappa shape index (κ3) is 3.35. The van der Waals surface area contributed by atoms with E-state index in [1.54, 1.807) is 6.07 Å². The summed E-state index contributed by atoms with van der Waals surface area (Å²) in [5.41, 5.74) is 1.01. The number of rotatable bonds is 3. The second-order valence-corrected chi connectivity index (χ2v) is 9.16. The van der Waals surface area contributed by atoms with Gasteiger partial charge in [-0.3, -0.25) is 4.31 Å². The molecule has 1 aromatic carbocycles. The van der Waals surface area contributed by atoms with Gasteiger partial charge in [0.05, 0.1) is 11.6 Å². The van der Waals surface area contributed by atoms with E-state index in [4.69, 9.17) is 4.42 Å². The first-order chi connectivity index (χ1) is 13.7. The predicted octanol–water partition coefficient (Wildman–Crippen LogP) is 4.00. The van der Waals surface area contributed by atoms with Gasteiger partial charge in [0, 0.05) is 12.1 Å². The summed E-state index contributed by atoms with van der Waals surface area (Å²) in [5, 5.41) is 10.1. The summed E-state index contributed by atoms with van der Waals surface area (Å²) in [7, 11) is -3.56. The largest absolute Gasteiger partial charge is 0.478 e. The molecule has 0 aliphatic carbocycles. The molecular formula is C20H19FN2O5S. The van der Waals surface area contributed by atoms with Crippen LogP contribution in [0.5, 0.6) is 0 Å². The minimum absolute atomic E-state index is 0.000494. The van der Waals surface area contributed by atoms with Crippen LogP contribution < -0.4 is 4.31 Å². The number of carboxylic acids is 1. The van der Waals surface area contributed by atoms with Crippen molar-refractivity contribution in [3.63, 3.8) is 0 Å². The third-order valence-corrected chi connectivity index (χ3v) is 6.33. The number of halogens is 1. The van der Waals surface area contributed by atoms with Crippen LogP contribution in [0.25, 0.3) is 22.4 Å². The Morgan fingerprint density at radius 3 is 2.62 bits per heavy atom. The highest BCUT2D eigenvalue weighted by atomic mass is 32.2. The Hall–Kier alpha value is -2.94. The Morgan fingerprint density at radius 2 is 2.00 bits per heavy atom. The maximum absolute atomic E-state index is 13.3. The average molecular weight is 418 g/mol.